The molecule has 0 unspecified atom stereocenters. The average Bonchev–Trinajstić information content (AvgIpc) is 2.55. The summed E-state index contributed by atoms with van der Waals surface area (Å²) >= 11 is 0. The number of ether oxygens (including phenoxy) is 1. The summed E-state index contributed by atoms with van der Waals surface area (Å²) in [5.74, 6) is 0. The Bertz CT molecular complexity index is 142. The molecule has 12 heavy (non-hydrogen) atoms. The Balaban J connectivity index is 1.88. The molecule has 0 atom stereocenters. The number of rotatable bonds is 1. The van der Waals surface area contributed by atoms with Gasteiger partial charge in [-0.3, -0.25) is 0 Å². The molecule has 0 aromatic rings. The van der Waals surface area contributed by atoms with E-state index in [-0.39, 0.29) is 0 Å². The van der Waals surface area contributed by atoms with Gasteiger partial charge in [0.05, 0.1) is 6.61 Å². The van der Waals surface area contributed by atoms with Gasteiger partial charge in [-0.05, 0) is 11.8 Å². The van der Waals surface area contributed by atoms with Crippen LogP contribution in [0.5, 0.6) is 0 Å². The first-order chi connectivity index (χ1) is 5.85. The van der Waals surface area contributed by atoms with E-state index in [1.807, 2.05) is 0 Å². The minimum Gasteiger partial charge on any atom is -0.381 e. The molecule has 68 valence electrons. The Labute approximate surface area is 75.9 Å². The SMILES string of the molecule is CCB1CCC2(CCOC2)CC1. The van der Waals surface area contributed by atoms with Crippen molar-refractivity contribution in [3.63, 3.8) is 0 Å². The van der Waals surface area contributed by atoms with Gasteiger partial charge in [-0.1, -0.05) is 38.7 Å². The Kier molecular flexibility index (Phi) is 2.45. The van der Waals surface area contributed by atoms with Crippen LogP contribution >= 0.6 is 0 Å². The van der Waals surface area contributed by atoms with Crippen LogP contribution in [0.25, 0.3) is 0 Å². The topological polar surface area (TPSA) is 9.23 Å². The quantitative estimate of drug-likeness (QED) is 0.544. The van der Waals surface area contributed by atoms with Gasteiger partial charge in [-0.2, -0.15) is 0 Å². The summed E-state index contributed by atoms with van der Waals surface area (Å²) in [5.41, 5.74) is 0.631. The van der Waals surface area contributed by atoms with Gasteiger partial charge in [0.2, 0.25) is 0 Å². The van der Waals surface area contributed by atoms with Crippen molar-refractivity contribution in [2.75, 3.05) is 13.2 Å². The molecule has 2 saturated heterocycles. The van der Waals surface area contributed by atoms with E-state index in [1.165, 1.54) is 38.2 Å². The number of hydrogen-bond donors (Lipinski definition) is 0. The van der Waals surface area contributed by atoms with Crippen LogP contribution in [0.3, 0.4) is 0 Å². The van der Waals surface area contributed by atoms with Crippen LogP contribution in [0.2, 0.25) is 19.0 Å². The van der Waals surface area contributed by atoms with Crippen molar-refractivity contribution in [2.45, 2.75) is 45.1 Å². The first kappa shape index (κ1) is 8.62. The van der Waals surface area contributed by atoms with Gasteiger partial charge in [0, 0.05) is 6.61 Å². The lowest BCUT2D eigenvalue weighted by Gasteiger charge is -2.34. The molecule has 2 heterocycles. The van der Waals surface area contributed by atoms with E-state index in [9.17, 15) is 0 Å². The van der Waals surface area contributed by atoms with Crippen molar-refractivity contribution in [1.82, 2.24) is 0 Å². The van der Waals surface area contributed by atoms with Crippen molar-refractivity contribution in [3.05, 3.63) is 0 Å². The van der Waals surface area contributed by atoms with Gasteiger partial charge in [0.25, 0.3) is 0 Å². The molecule has 0 aliphatic carbocycles. The van der Waals surface area contributed by atoms with Crippen LogP contribution < -0.4 is 0 Å². The van der Waals surface area contributed by atoms with Crippen LogP contribution in [0, 0.1) is 5.41 Å². The fourth-order valence-corrected chi connectivity index (χ4v) is 2.74. The van der Waals surface area contributed by atoms with Crippen LogP contribution in [-0.4, -0.2) is 19.9 Å². The van der Waals surface area contributed by atoms with E-state index < -0.39 is 0 Å². The molecule has 2 aliphatic heterocycles. The lowest BCUT2D eigenvalue weighted by Crippen LogP contribution is -2.30. The van der Waals surface area contributed by atoms with Crippen LogP contribution in [0.4, 0.5) is 0 Å². The largest absolute Gasteiger partial charge is 0.381 e. The molecule has 0 bridgehead atoms. The van der Waals surface area contributed by atoms with E-state index in [2.05, 4.69) is 6.92 Å². The molecular formula is C10H19BO. The van der Waals surface area contributed by atoms with Crippen molar-refractivity contribution in [3.8, 4) is 0 Å². The third-order valence-electron chi connectivity index (χ3n) is 3.93. The normalized spacial score (nSPS) is 28.2. The Morgan fingerprint density at radius 1 is 1.25 bits per heavy atom. The second-order valence-corrected chi connectivity index (χ2v) is 4.65. The third-order valence-corrected chi connectivity index (χ3v) is 3.93. The second kappa shape index (κ2) is 3.41. The molecule has 0 aromatic heterocycles. The van der Waals surface area contributed by atoms with Crippen LogP contribution in [0.15, 0.2) is 0 Å². The summed E-state index contributed by atoms with van der Waals surface area (Å²) in [6.45, 7) is 5.44. The molecule has 0 radical (unpaired) electrons. The standard InChI is InChI=1S/C10H19BO/c1-2-11-6-3-10(4-7-11)5-8-12-9-10/h2-9H2,1H3. The van der Waals surface area contributed by atoms with Crippen molar-refractivity contribution in [1.29, 1.82) is 0 Å². The predicted octanol–water partition coefficient (Wildman–Crippen LogP) is 2.70. The maximum absolute atomic E-state index is 5.51. The molecule has 2 heteroatoms. The molecular weight excluding hydrogens is 147 g/mol. The van der Waals surface area contributed by atoms with Gasteiger partial charge < -0.3 is 4.74 Å². The summed E-state index contributed by atoms with van der Waals surface area (Å²) in [7, 11) is 0. The molecule has 2 rings (SSSR count). The summed E-state index contributed by atoms with van der Waals surface area (Å²) in [5, 5.41) is 0. The Morgan fingerprint density at radius 2 is 2.00 bits per heavy atom. The third kappa shape index (κ3) is 1.54. The first-order valence-electron chi connectivity index (χ1n) is 5.42. The molecule has 0 amide bonds. The van der Waals surface area contributed by atoms with Gasteiger partial charge in [-0.25, -0.2) is 0 Å². The smallest absolute Gasteiger partial charge is 0.139 e. The minimum absolute atomic E-state index is 0.631. The van der Waals surface area contributed by atoms with E-state index in [0.717, 1.165) is 19.9 Å². The summed E-state index contributed by atoms with van der Waals surface area (Å²) in [4.78, 5) is 0. The Morgan fingerprint density at radius 3 is 2.50 bits per heavy atom. The molecule has 0 N–H and O–H groups in total. The molecule has 2 fully saturated rings. The number of hydrogen-bond acceptors (Lipinski definition) is 1. The molecule has 0 saturated carbocycles. The van der Waals surface area contributed by atoms with Crippen molar-refractivity contribution in [2.24, 2.45) is 5.41 Å². The van der Waals surface area contributed by atoms with E-state index in [4.69, 9.17) is 4.74 Å². The average molecular weight is 166 g/mol. The first-order valence-corrected chi connectivity index (χ1v) is 5.42. The molecule has 0 aromatic carbocycles. The van der Waals surface area contributed by atoms with E-state index in [0.29, 0.717) is 5.41 Å². The van der Waals surface area contributed by atoms with Gasteiger partial charge >= 0.3 is 0 Å². The fourth-order valence-electron chi connectivity index (χ4n) is 2.74. The summed E-state index contributed by atoms with van der Waals surface area (Å²) in [6, 6.07) is 0. The predicted molar refractivity (Wildman–Crippen MR) is 53.0 cm³/mol. The lowest BCUT2D eigenvalue weighted by atomic mass is 9.37. The molecule has 2 aliphatic rings. The second-order valence-electron chi connectivity index (χ2n) is 4.65. The zero-order chi connectivity index (χ0) is 8.44. The molecule has 1 nitrogen and oxygen atoms in total. The monoisotopic (exact) mass is 166 g/mol. The highest BCUT2D eigenvalue weighted by molar-refractivity contribution is 6.58. The highest BCUT2D eigenvalue weighted by Crippen LogP contribution is 2.43. The van der Waals surface area contributed by atoms with Crippen LogP contribution in [0.1, 0.15) is 26.2 Å². The Hall–Kier alpha value is 0.0249. The highest BCUT2D eigenvalue weighted by atomic mass is 16.5. The minimum atomic E-state index is 0.631. The van der Waals surface area contributed by atoms with E-state index >= 15 is 0 Å². The van der Waals surface area contributed by atoms with E-state index in [1.54, 1.807) is 0 Å². The van der Waals surface area contributed by atoms with Gasteiger partial charge in [-0.15, -0.1) is 0 Å². The highest BCUT2D eigenvalue weighted by Gasteiger charge is 2.38. The summed E-state index contributed by atoms with van der Waals surface area (Å²) < 4.78 is 5.51. The zero-order valence-electron chi connectivity index (χ0n) is 8.14. The van der Waals surface area contributed by atoms with Crippen molar-refractivity contribution < 1.29 is 4.74 Å². The lowest BCUT2D eigenvalue weighted by molar-refractivity contribution is 0.143. The maximum atomic E-state index is 5.51. The molecule has 1 spiro atoms. The van der Waals surface area contributed by atoms with Gasteiger partial charge in [0.15, 0.2) is 0 Å². The van der Waals surface area contributed by atoms with Crippen LogP contribution in [-0.2, 0) is 4.74 Å². The van der Waals surface area contributed by atoms with Gasteiger partial charge in [0.1, 0.15) is 6.71 Å². The fraction of sp³-hybridized carbons (Fsp3) is 1.00. The summed E-state index contributed by atoms with van der Waals surface area (Å²) in [6.07, 6.45) is 8.51. The zero-order valence-corrected chi connectivity index (χ0v) is 8.14. The maximum Gasteiger partial charge on any atom is 0.139 e. The van der Waals surface area contributed by atoms with Crippen molar-refractivity contribution >= 4 is 6.71 Å².